The molecule has 0 aromatic heterocycles. The molecule has 3 N–H and O–H groups in total. The molecule has 7 heteroatoms. The van der Waals surface area contributed by atoms with Crippen LogP contribution in [0.3, 0.4) is 0 Å². The Balaban J connectivity index is 1.54. The van der Waals surface area contributed by atoms with E-state index in [0.717, 1.165) is 16.7 Å². The summed E-state index contributed by atoms with van der Waals surface area (Å²) < 4.78 is 13.4. The van der Waals surface area contributed by atoms with Gasteiger partial charge in [0.1, 0.15) is 5.82 Å². The summed E-state index contributed by atoms with van der Waals surface area (Å²) in [5, 5.41) is 10.6. The number of aliphatic carboxylic acids is 1. The number of rotatable bonds is 8. The van der Waals surface area contributed by atoms with Gasteiger partial charge in [-0.05, 0) is 59.4 Å². The summed E-state index contributed by atoms with van der Waals surface area (Å²) in [6, 6.07) is 31.0. The van der Waals surface area contributed by atoms with Gasteiger partial charge in [0.25, 0.3) is 5.91 Å². The van der Waals surface area contributed by atoms with Crippen molar-refractivity contribution < 1.29 is 23.9 Å². The second-order valence-electron chi connectivity index (χ2n) is 10.5. The second kappa shape index (κ2) is 11.8. The lowest BCUT2D eigenvalue weighted by molar-refractivity contribution is -0.146. The third-order valence-electron chi connectivity index (χ3n) is 8.16. The zero-order valence-electron chi connectivity index (χ0n) is 22.4. The fourth-order valence-corrected chi connectivity index (χ4v) is 6.00. The van der Waals surface area contributed by atoms with Crippen LogP contribution in [0.4, 0.5) is 4.39 Å². The van der Waals surface area contributed by atoms with Gasteiger partial charge in [-0.15, -0.1) is 0 Å². The molecule has 1 fully saturated rings. The number of carbonyl (C=O) groups is 3. The van der Waals surface area contributed by atoms with E-state index < -0.39 is 29.3 Å². The van der Waals surface area contributed by atoms with Gasteiger partial charge in [-0.2, -0.15) is 0 Å². The molecule has 1 aliphatic heterocycles. The highest BCUT2D eigenvalue weighted by molar-refractivity contribution is 5.95. The van der Waals surface area contributed by atoms with Gasteiger partial charge in [0.15, 0.2) is 0 Å². The number of carboxylic acid groups (broad SMARTS) is 1. The lowest BCUT2D eigenvalue weighted by Crippen LogP contribution is -2.56. The number of primary amides is 1. The summed E-state index contributed by atoms with van der Waals surface area (Å²) in [5.41, 5.74) is 8.05. The van der Waals surface area contributed by atoms with Gasteiger partial charge in [0.2, 0.25) is 5.91 Å². The Labute approximate surface area is 238 Å². The van der Waals surface area contributed by atoms with E-state index >= 15 is 0 Å². The topological polar surface area (TPSA) is 101 Å². The molecule has 0 radical (unpaired) electrons. The molecule has 0 spiro atoms. The van der Waals surface area contributed by atoms with Crippen molar-refractivity contribution in [3.63, 3.8) is 0 Å². The summed E-state index contributed by atoms with van der Waals surface area (Å²) in [5.74, 6) is -2.57. The van der Waals surface area contributed by atoms with Gasteiger partial charge < -0.3 is 15.7 Å². The first-order valence-corrected chi connectivity index (χ1v) is 13.6. The van der Waals surface area contributed by atoms with Crippen LogP contribution < -0.4 is 5.73 Å². The van der Waals surface area contributed by atoms with E-state index in [1.54, 1.807) is 29.2 Å². The molecule has 0 bridgehead atoms. The van der Waals surface area contributed by atoms with Gasteiger partial charge in [0, 0.05) is 30.5 Å². The first-order chi connectivity index (χ1) is 19.8. The molecule has 3 atom stereocenters. The SMILES string of the molecule is NC(=O)C[C@@H](c1ccccc1)C1CC(C(=O)O)(c2ccccc2)CCN1C(=O)c1ccc(-c2ccc(F)cc2)cc1. The summed E-state index contributed by atoms with van der Waals surface area (Å²) in [7, 11) is 0. The maximum atomic E-state index is 14.1. The van der Waals surface area contributed by atoms with E-state index in [4.69, 9.17) is 5.73 Å². The highest BCUT2D eigenvalue weighted by atomic mass is 19.1. The minimum atomic E-state index is -1.24. The number of hydrogen-bond donors (Lipinski definition) is 2. The van der Waals surface area contributed by atoms with Crippen LogP contribution in [0.15, 0.2) is 109 Å². The molecule has 5 rings (SSSR count). The monoisotopic (exact) mass is 550 g/mol. The number of nitrogens with zero attached hydrogens (tertiary/aromatic N) is 1. The van der Waals surface area contributed by atoms with Crippen molar-refractivity contribution in [2.45, 2.75) is 36.6 Å². The molecule has 208 valence electrons. The lowest BCUT2D eigenvalue weighted by Gasteiger charge is -2.47. The van der Waals surface area contributed by atoms with Crippen LogP contribution in [0.5, 0.6) is 0 Å². The lowest BCUT2D eigenvalue weighted by atomic mass is 9.67. The Bertz CT molecular complexity index is 1530. The second-order valence-corrected chi connectivity index (χ2v) is 10.5. The summed E-state index contributed by atoms with van der Waals surface area (Å²) in [6.07, 6.45) is 0.311. The summed E-state index contributed by atoms with van der Waals surface area (Å²) in [6.45, 7) is 0.187. The van der Waals surface area contributed by atoms with Gasteiger partial charge in [-0.1, -0.05) is 84.9 Å². The van der Waals surface area contributed by atoms with Crippen LogP contribution in [0.2, 0.25) is 0 Å². The van der Waals surface area contributed by atoms with E-state index in [9.17, 15) is 23.9 Å². The van der Waals surface area contributed by atoms with E-state index in [1.807, 2.05) is 72.8 Å². The minimum Gasteiger partial charge on any atom is -0.481 e. The smallest absolute Gasteiger partial charge is 0.314 e. The van der Waals surface area contributed by atoms with E-state index in [2.05, 4.69) is 0 Å². The van der Waals surface area contributed by atoms with Crippen LogP contribution in [0.1, 0.15) is 46.7 Å². The van der Waals surface area contributed by atoms with Crippen molar-refractivity contribution in [2.75, 3.05) is 6.54 Å². The van der Waals surface area contributed by atoms with Crippen molar-refractivity contribution in [2.24, 2.45) is 5.73 Å². The van der Waals surface area contributed by atoms with Crippen molar-refractivity contribution >= 4 is 17.8 Å². The Morgan fingerprint density at radius 3 is 1.98 bits per heavy atom. The Kier molecular flexibility index (Phi) is 7.97. The predicted molar refractivity (Wildman–Crippen MR) is 155 cm³/mol. The van der Waals surface area contributed by atoms with Crippen molar-refractivity contribution in [3.8, 4) is 11.1 Å². The van der Waals surface area contributed by atoms with Crippen LogP contribution in [0.25, 0.3) is 11.1 Å². The number of halogens is 1. The number of carbonyl (C=O) groups excluding carboxylic acids is 2. The highest BCUT2D eigenvalue weighted by Crippen LogP contribution is 2.44. The fraction of sp³-hybridized carbons (Fsp3) is 0.206. The predicted octanol–water partition coefficient (Wildman–Crippen LogP) is 5.78. The van der Waals surface area contributed by atoms with Crippen molar-refractivity contribution in [1.82, 2.24) is 4.90 Å². The van der Waals surface area contributed by atoms with Crippen LogP contribution in [-0.4, -0.2) is 40.4 Å². The molecule has 0 saturated carbocycles. The standard InChI is InChI=1S/C34H31FN2O4/c35-28-17-15-24(16-18-28)23-11-13-26(14-12-23)32(39)37-20-19-34(33(40)41,27-9-5-2-6-10-27)22-30(37)29(21-31(36)38)25-7-3-1-4-8-25/h1-18,29-30H,19-22H2,(H2,36,38)(H,40,41)/t29-,30?,34?/m0/s1. The molecule has 4 aromatic rings. The van der Waals surface area contributed by atoms with Gasteiger partial charge in [0.05, 0.1) is 5.41 Å². The van der Waals surface area contributed by atoms with E-state index in [0.29, 0.717) is 11.1 Å². The average Bonchev–Trinajstić information content (AvgIpc) is 3.00. The molecular weight excluding hydrogens is 519 g/mol. The molecule has 1 heterocycles. The van der Waals surface area contributed by atoms with Crippen molar-refractivity contribution in [1.29, 1.82) is 0 Å². The Hall–Kier alpha value is -4.78. The highest BCUT2D eigenvalue weighted by Gasteiger charge is 2.50. The van der Waals surface area contributed by atoms with Crippen LogP contribution >= 0.6 is 0 Å². The third-order valence-corrected chi connectivity index (χ3v) is 8.16. The summed E-state index contributed by atoms with van der Waals surface area (Å²) >= 11 is 0. The molecular formula is C34H31FN2O4. The van der Waals surface area contributed by atoms with Crippen LogP contribution in [0, 0.1) is 5.82 Å². The Morgan fingerprint density at radius 1 is 0.854 bits per heavy atom. The number of likely N-dealkylation sites (tertiary alicyclic amines) is 1. The third kappa shape index (κ3) is 5.75. The number of benzene rings is 4. The first-order valence-electron chi connectivity index (χ1n) is 13.6. The van der Waals surface area contributed by atoms with Crippen LogP contribution in [-0.2, 0) is 15.0 Å². The van der Waals surface area contributed by atoms with E-state index in [1.165, 1.54) is 12.1 Å². The first kappa shape index (κ1) is 27.8. The summed E-state index contributed by atoms with van der Waals surface area (Å²) in [4.78, 5) is 41.0. The van der Waals surface area contributed by atoms with Gasteiger partial charge >= 0.3 is 5.97 Å². The molecule has 4 aromatic carbocycles. The van der Waals surface area contributed by atoms with Gasteiger partial charge in [-0.25, -0.2) is 4.39 Å². The normalized spacial score (nSPS) is 19.3. The largest absolute Gasteiger partial charge is 0.481 e. The zero-order valence-corrected chi connectivity index (χ0v) is 22.4. The number of amides is 2. The maximum Gasteiger partial charge on any atom is 0.314 e. The fourth-order valence-electron chi connectivity index (χ4n) is 6.00. The van der Waals surface area contributed by atoms with Crippen molar-refractivity contribution in [3.05, 3.63) is 132 Å². The Morgan fingerprint density at radius 2 is 1.41 bits per heavy atom. The molecule has 1 saturated heterocycles. The zero-order chi connectivity index (χ0) is 29.0. The molecule has 1 aliphatic rings. The number of piperidine rings is 1. The number of nitrogens with two attached hydrogens (primary N) is 1. The van der Waals surface area contributed by atoms with E-state index in [-0.39, 0.29) is 37.5 Å². The number of carboxylic acids is 1. The van der Waals surface area contributed by atoms with Gasteiger partial charge in [-0.3, -0.25) is 14.4 Å². The maximum absolute atomic E-state index is 14.1. The number of hydrogen-bond acceptors (Lipinski definition) is 3. The minimum absolute atomic E-state index is 0.0353. The molecule has 2 amide bonds. The molecule has 41 heavy (non-hydrogen) atoms. The molecule has 0 aliphatic carbocycles. The average molecular weight is 551 g/mol. The molecule has 6 nitrogen and oxygen atoms in total. The quantitative estimate of drug-likeness (QED) is 0.290. The molecule has 2 unspecified atom stereocenters.